The Hall–Kier alpha value is -2.15. The summed E-state index contributed by atoms with van der Waals surface area (Å²) in [6, 6.07) is 12.0. The van der Waals surface area contributed by atoms with Gasteiger partial charge >= 0.3 is 6.61 Å². The number of rotatable bonds is 6. The Labute approximate surface area is 127 Å². The predicted octanol–water partition coefficient (Wildman–Crippen LogP) is 3.65. The van der Waals surface area contributed by atoms with Crippen molar-refractivity contribution in [3.05, 3.63) is 54.1 Å². The fourth-order valence-electron chi connectivity index (χ4n) is 1.86. The Balaban J connectivity index is 2.28. The van der Waals surface area contributed by atoms with E-state index in [9.17, 15) is 17.2 Å². The number of hydrogen-bond donors (Lipinski definition) is 1. The number of aryl methyl sites for hydroxylation is 1. The molecule has 0 spiro atoms. The first-order valence-electron chi connectivity index (χ1n) is 6.58. The first kappa shape index (κ1) is 16.2. The smallest absolute Gasteiger partial charge is 0.387 e. The lowest BCUT2D eigenvalue weighted by molar-refractivity contribution is -0.0493. The highest BCUT2D eigenvalue weighted by Gasteiger charge is 2.17. The molecule has 0 atom stereocenters. The molecule has 0 heterocycles. The standard InChI is InChI=1S/C15H15F2NO3S/c1-2-11-7-9-12(10-8-11)22(19,20)18-13-5-3-4-6-14(13)21-15(16)17/h3-10,15,18H,2H2,1H3. The number of anilines is 1. The first-order chi connectivity index (χ1) is 10.4. The maximum atomic E-state index is 12.3. The molecule has 22 heavy (non-hydrogen) atoms. The number of sulfonamides is 1. The predicted molar refractivity (Wildman–Crippen MR) is 79.7 cm³/mol. The molecule has 0 amide bonds. The van der Waals surface area contributed by atoms with E-state index in [0.717, 1.165) is 12.0 Å². The largest absolute Gasteiger partial charge is 0.433 e. The molecule has 4 nitrogen and oxygen atoms in total. The van der Waals surface area contributed by atoms with Crippen molar-refractivity contribution in [3.8, 4) is 5.75 Å². The molecule has 7 heteroatoms. The summed E-state index contributed by atoms with van der Waals surface area (Å²) in [6.07, 6.45) is 0.790. The minimum absolute atomic E-state index is 0.0395. The van der Waals surface area contributed by atoms with Crippen LogP contribution < -0.4 is 9.46 Å². The minimum atomic E-state index is -3.87. The highest BCUT2D eigenvalue weighted by molar-refractivity contribution is 7.92. The van der Waals surface area contributed by atoms with Gasteiger partial charge in [-0.2, -0.15) is 8.78 Å². The number of hydrogen-bond acceptors (Lipinski definition) is 3. The molecule has 1 N–H and O–H groups in total. The van der Waals surface area contributed by atoms with Gasteiger partial charge in [-0.25, -0.2) is 8.42 Å². The van der Waals surface area contributed by atoms with Crippen LogP contribution in [0.4, 0.5) is 14.5 Å². The molecular weight excluding hydrogens is 312 g/mol. The second-order valence-electron chi connectivity index (χ2n) is 4.48. The molecule has 0 saturated heterocycles. The van der Waals surface area contributed by atoms with E-state index in [1.165, 1.54) is 36.4 Å². The highest BCUT2D eigenvalue weighted by atomic mass is 32.2. The first-order valence-corrected chi connectivity index (χ1v) is 8.06. The van der Waals surface area contributed by atoms with Crippen LogP contribution >= 0.6 is 0 Å². The molecule has 118 valence electrons. The van der Waals surface area contributed by atoms with Crippen LogP contribution in [0.15, 0.2) is 53.4 Å². The quantitative estimate of drug-likeness (QED) is 0.881. The molecule has 0 unspecified atom stereocenters. The highest BCUT2D eigenvalue weighted by Crippen LogP contribution is 2.28. The average Bonchev–Trinajstić information content (AvgIpc) is 2.48. The topological polar surface area (TPSA) is 55.4 Å². The van der Waals surface area contributed by atoms with Crippen molar-refractivity contribution >= 4 is 15.7 Å². The van der Waals surface area contributed by atoms with Crippen molar-refractivity contribution in [2.45, 2.75) is 24.9 Å². The molecular formula is C15H15F2NO3S. The summed E-state index contributed by atoms with van der Waals surface area (Å²) >= 11 is 0. The molecule has 0 aliphatic heterocycles. The van der Waals surface area contributed by atoms with Crippen molar-refractivity contribution in [2.75, 3.05) is 4.72 Å². The maximum Gasteiger partial charge on any atom is 0.387 e. The number of para-hydroxylation sites is 2. The Morgan fingerprint density at radius 2 is 1.73 bits per heavy atom. The van der Waals surface area contributed by atoms with Crippen LogP contribution in [-0.2, 0) is 16.4 Å². The van der Waals surface area contributed by atoms with E-state index in [-0.39, 0.29) is 16.3 Å². The summed E-state index contributed by atoms with van der Waals surface area (Å²) in [7, 11) is -3.87. The molecule has 0 aliphatic rings. The van der Waals surface area contributed by atoms with Crippen LogP contribution in [0.25, 0.3) is 0 Å². The van der Waals surface area contributed by atoms with Crippen LogP contribution in [0.3, 0.4) is 0 Å². The summed E-state index contributed by atoms with van der Waals surface area (Å²) in [5.41, 5.74) is 0.961. The normalized spacial score (nSPS) is 11.5. The second kappa shape index (κ2) is 6.74. The summed E-state index contributed by atoms with van der Waals surface area (Å²) in [5, 5.41) is 0. The number of nitrogens with one attached hydrogen (secondary N) is 1. The molecule has 2 aromatic rings. The third kappa shape index (κ3) is 3.94. The van der Waals surface area contributed by atoms with Crippen LogP contribution in [-0.4, -0.2) is 15.0 Å². The van der Waals surface area contributed by atoms with Gasteiger partial charge in [-0.3, -0.25) is 4.72 Å². The van der Waals surface area contributed by atoms with Gasteiger partial charge in [0.15, 0.2) is 0 Å². The molecule has 0 fully saturated rings. The van der Waals surface area contributed by atoms with Crippen molar-refractivity contribution in [2.24, 2.45) is 0 Å². The Morgan fingerprint density at radius 3 is 2.32 bits per heavy atom. The van der Waals surface area contributed by atoms with E-state index in [0.29, 0.717) is 0 Å². The minimum Gasteiger partial charge on any atom is -0.433 e. The summed E-state index contributed by atoms with van der Waals surface area (Å²) in [4.78, 5) is 0.0524. The molecule has 0 aliphatic carbocycles. The fourth-order valence-corrected chi connectivity index (χ4v) is 2.93. The van der Waals surface area contributed by atoms with E-state index in [4.69, 9.17) is 0 Å². The van der Waals surface area contributed by atoms with Crippen molar-refractivity contribution < 1.29 is 21.9 Å². The number of ether oxygens (including phenoxy) is 1. The fraction of sp³-hybridized carbons (Fsp3) is 0.200. The van der Waals surface area contributed by atoms with Gasteiger partial charge < -0.3 is 4.74 Å². The van der Waals surface area contributed by atoms with Gasteiger partial charge in [-0.1, -0.05) is 31.2 Å². The van der Waals surface area contributed by atoms with Crippen LogP contribution in [0.2, 0.25) is 0 Å². The third-order valence-corrected chi connectivity index (χ3v) is 4.37. The van der Waals surface area contributed by atoms with Gasteiger partial charge in [-0.15, -0.1) is 0 Å². The zero-order valence-corrected chi connectivity index (χ0v) is 12.6. The molecule has 0 radical (unpaired) electrons. The summed E-state index contributed by atoms with van der Waals surface area (Å²) in [6.45, 7) is -1.07. The zero-order valence-electron chi connectivity index (χ0n) is 11.8. The van der Waals surface area contributed by atoms with Crippen molar-refractivity contribution in [3.63, 3.8) is 0 Å². The third-order valence-electron chi connectivity index (χ3n) is 2.99. The van der Waals surface area contributed by atoms with E-state index in [1.54, 1.807) is 12.1 Å². The Bertz CT molecular complexity index is 731. The zero-order chi connectivity index (χ0) is 16.2. The number of benzene rings is 2. The van der Waals surface area contributed by atoms with E-state index in [2.05, 4.69) is 9.46 Å². The lowest BCUT2D eigenvalue weighted by Crippen LogP contribution is -2.14. The maximum absolute atomic E-state index is 12.3. The molecule has 0 aromatic heterocycles. The van der Waals surface area contributed by atoms with Gasteiger partial charge in [0.05, 0.1) is 10.6 Å². The number of halogens is 2. The van der Waals surface area contributed by atoms with Gasteiger partial charge in [0.2, 0.25) is 0 Å². The SMILES string of the molecule is CCc1ccc(S(=O)(=O)Nc2ccccc2OC(F)F)cc1. The Kier molecular flexibility index (Phi) is 4.97. The van der Waals surface area contributed by atoms with E-state index in [1.807, 2.05) is 6.92 Å². The monoisotopic (exact) mass is 327 g/mol. The molecule has 2 aromatic carbocycles. The van der Waals surface area contributed by atoms with Crippen LogP contribution in [0.5, 0.6) is 5.75 Å². The molecule has 2 rings (SSSR count). The van der Waals surface area contributed by atoms with Gasteiger partial charge in [0.25, 0.3) is 10.0 Å². The van der Waals surface area contributed by atoms with Crippen molar-refractivity contribution in [1.82, 2.24) is 0 Å². The van der Waals surface area contributed by atoms with Crippen LogP contribution in [0, 0.1) is 0 Å². The Morgan fingerprint density at radius 1 is 1.09 bits per heavy atom. The summed E-state index contributed by atoms with van der Waals surface area (Å²) in [5.74, 6) is -0.230. The van der Waals surface area contributed by atoms with Gasteiger partial charge in [0.1, 0.15) is 5.75 Å². The molecule has 0 bridgehead atoms. The lowest BCUT2D eigenvalue weighted by atomic mass is 10.2. The molecule has 0 saturated carbocycles. The van der Waals surface area contributed by atoms with E-state index < -0.39 is 16.6 Å². The van der Waals surface area contributed by atoms with Crippen molar-refractivity contribution in [1.29, 1.82) is 0 Å². The van der Waals surface area contributed by atoms with Gasteiger partial charge in [-0.05, 0) is 36.2 Å². The average molecular weight is 327 g/mol. The van der Waals surface area contributed by atoms with Gasteiger partial charge in [0, 0.05) is 0 Å². The number of alkyl halides is 2. The second-order valence-corrected chi connectivity index (χ2v) is 6.16. The van der Waals surface area contributed by atoms with Crippen LogP contribution in [0.1, 0.15) is 12.5 Å². The summed E-state index contributed by atoms with van der Waals surface area (Å²) < 4.78 is 55.8. The van der Waals surface area contributed by atoms with E-state index >= 15 is 0 Å². The lowest BCUT2D eigenvalue weighted by Gasteiger charge is -2.13.